The second-order valence-corrected chi connectivity index (χ2v) is 9.03. The molecule has 0 saturated heterocycles. The van der Waals surface area contributed by atoms with E-state index < -0.39 is 17.2 Å². The maximum absolute atomic E-state index is 13.0. The topological polar surface area (TPSA) is 70.3 Å². The van der Waals surface area contributed by atoms with E-state index in [-0.39, 0.29) is 13.2 Å². The molecule has 0 fully saturated rings. The molecule has 0 spiro atoms. The molecule has 0 aliphatic carbocycles. The van der Waals surface area contributed by atoms with Gasteiger partial charge in [-0.1, -0.05) is 42.5 Å². The summed E-state index contributed by atoms with van der Waals surface area (Å²) in [5, 5.41) is 0.333. The Kier molecular flexibility index (Phi) is 5.87. The highest BCUT2D eigenvalue weighted by molar-refractivity contribution is 14.1. The maximum atomic E-state index is 13.0. The third-order valence-electron chi connectivity index (χ3n) is 4.65. The van der Waals surface area contributed by atoms with Crippen molar-refractivity contribution in [1.82, 2.24) is 9.13 Å². The normalized spacial score (nSPS) is 11.0. The Morgan fingerprint density at radius 2 is 1.77 bits per heavy atom. The highest BCUT2D eigenvalue weighted by atomic mass is 127. The Morgan fingerprint density at radius 3 is 2.50 bits per heavy atom. The average Bonchev–Trinajstić information content (AvgIpc) is 3.20. The number of carbonyl (C=O) groups excluding carboxylic acids is 1. The summed E-state index contributed by atoms with van der Waals surface area (Å²) in [4.78, 5) is 39.1. The number of esters is 1. The van der Waals surface area contributed by atoms with Gasteiger partial charge in [-0.25, -0.2) is 9.59 Å². The zero-order valence-electron chi connectivity index (χ0n) is 16.0. The first kappa shape index (κ1) is 20.5. The van der Waals surface area contributed by atoms with Gasteiger partial charge in [-0.3, -0.25) is 13.9 Å². The van der Waals surface area contributed by atoms with E-state index in [0.29, 0.717) is 15.1 Å². The Hall–Kier alpha value is -2.72. The molecule has 0 saturated carbocycles. The van der Waals surface area contributed by atoms with Crippen LogP contribution in [0.3, 0.4) is 0 Å². The fourth-order valence-electron chi connectivity index (χ4n) is 3.14. The molecule has 0 aliphatic rings. The van der Waals surface area contributed by atoms with E-state index in [9.17, 15) is 14.4 Å². The van der Waals surface area contributed by atoms with E-state index in [0.717, 1.165) is 26.0 Å². The lowest BCUT2D eigenvalue weighted by Gasteiger charge is -2.08. The highest BCUT2D eigenvalue weighted by Crippen LogP contribution is 2.23. The summed E-state index contributed by atoms with van der Waals surface area (Å²) in [6, 6.07) is 18.5. The van der Waals surface area contributed by atoms with Gasteiger partial charge in [-0.05, 0) is 51.9 Å². The molecule has 6 nitrogen and oxygen atoms in total. The lowest BCUT2D eigenvalue weighted by atomic mass is 10.2. The van der Waals surface area contributed by atoms with Gasteiger partial charge in [-0.2, -0.15) is 0 Å². The van der Waals surface area contributed by atoms with Crippen LogP contribution in [0.25, 0.3) is 10.2 Å². The van der Waals surface area contributed by atoms with Crippen molar-refractivity contribution in [3.63, 3.8) is 0 Å². The fourth-order valence-corrected chi connectivity index (χ4v) is 4.74. The number of thiophene rings is 1. The smallest absolute Gasteiger partial charge is 0.348 e. The number of benzene rings is 2. The third kappa shape index (κ3) is 4.10. The predicted octanol–water partition coefficient (Wildman–Crippen LogP) is 3.77. The zero-order chi connectivity index (χ0) is 21.3. The summed E-state index contributed by atoms with van der Waals surface area (Å²) in [6.45, 7) is 0.311. The van der Waals surface area contributed by atoms with E-state index in [1.54, 1.807) is 7.05 Å². The number of aromatic nitrogens is 2. The third-order valence-corrected chi connectivity index (χ3v) is 6.52. The Labute approximate surface area is 189 Å². The first-order chi connectivity index (χ1) is 14.4. The molecule has 0 atom stereocenters. The average molecular weight is 532 g/mol. The number of halogens is 1. The zero-order valence-corrected chi connectivity index (χ0v) is 19.0. The molecule has 152 valence electrons. The van der Waals surface area contributed by atoms with Gasteiger partial charge in [0.05, 0.1) is 11.9 Å². The van der Waals surface area contributed by atoms with Crippen molar-refractivity contribution in [2.24, 2.45) is 7.05 Å². The molecular formula is C22H17IN2O4S. The van der Waals surface area contributed by atoms with Gasteiger partial charge in [0.2, 0.25) is 0 Å². The van der Waals surface area contributed by atoms with Crippen LogP contribution in [0.2, 0.25) is 0 Å². The fraction of sp³-hybridized carbons (Fsp3) is 0.136. The second-order valence-electron chi connectivity index (χ2n) is 6.75. The minimum absolute atomic E-state index is 0.143. The largest absolute Gasteiger partial charge is 0.457 e. The molecule has 0 bridgehead atoms. The summed E-state index contributed by atoms with van der Waals surface area (Å²) >= 11 is 3.28. The molecule has 0 amide bonds. The summed E-state index contributed by atoms with van der Waals surface area (Å²) in [5.41, 5.74) is 0.903. The Balaban J connectivity index is 1.68. The van der Waals surface area contributed by atoms with Gasteiger partial charge >= 0.3 is 11.7 Å². The number of ether oxygens (including phenoxy) is 1. The monoisotopic (exact) mass is 532 g/mol. The van der Waals surface area contributed by atoms with Crippen molar-refractivity contribution >= 4 is 50.1 Å². The summed E-state index contributed by atoms with van der Waals surface area (Å²) < 4.78 is 8.99. The Bertz CT molecular complexity index is 1360. The quantitative estimate of drug-likeness (QED) is 0.290. The van der Waals surface area contributed by atoms with Gasteiger partial charge < -0.3 is 4.74 Å². The molecule has 8 heteroatoms. The van der Waals surface area contributed by atoms with Crippen LogP contribution >= 0.6 is 33.9 Å². The highest BCUT2D eigenvalue weighted by Gasteiger charge is 2.19. The van der Waals surface area contributed by atoms with Crippen molar-refractivity contribution in [2.45, 2.75) is 13.2 Å². The summed E-state index contributed by atoms with van der Waals surface area (Å²) in [7, 11) is 1.60. The van der Waals surface area contributed by atoms with E-state index in [4.69, 9.17) is 4.74 Å². The molecule has 2 heterocycles. The van der Waals surface area contributed by atoms with E-state index in [1.165, 1.54) is 15.2 Å². The number of rotatable bonds is 5. The summed E-state index contributed by atoms with van der Waals surface area (Å²) in [6.07, 6.45) is 0. The van der Waals surface area contributed by atoms with Gasteiger partial charge in [0.25, 0.3) is 5.56 Å². The van der Waals surface area contributed by atoms with Crippen molar-refractivity contribution < 1.29 is 9.53 Å². The number of hydrogen-bond acceptors (Lipinski definition) is 5. The van der Waals surface area contributed by atoms with Gasteiger partial charge in [0.15, 0.2) is 0 Å². The van der Waals surface area contributed by atoms with E-state index >= 15 is 0 Å². The first-order valence-corrected chi connectivity index (χ1v) is 11.0. The molecule has 4 aromatic rings. The molecule has 2 aromatic heterocycles. The van der Waals surface area contributed by atoms with Crippen LogP contribution in [0.15, 0.2) is 70.3 Å². The Morgan fingerprint density at radius 1 is 1.03 bits per heavy atom. The first-order valence-electron chi connectivity index (χ1n) is 9.13. The van der Waals surface area contributed by atoms with Crippen LogP contribution in [0.4, 0.5) is 0 Å². The van der Waals surface area contributed by atoms with Crippen molar-refractivity contribution in [3.8, 4) is 0 Å². The lowest BCUT2D eigenvalue weighted by molar-refractivity contribution is 0.0478. The van der Waals surface area contributed by atoms with Gasteiger partial charge in [0.1, 0.15) is 16.3 Å². The lowest BCUT2D eigenvalue weighted by Crippen LogP contribution is -2.38. The van der Waals surface area contributed by atoms with Crippen LogP contribution < -0.4 is 11.2 Å². The van der Waals surface area contributed by atoms with E-state index in [2.05, 4.69) is 22.6 Å². The molecule has 4 rings (SSSR count). The molecule has 0 aliphatic heterocycles. The maximum Gasteiger partial charge on any atom is 0.348 e. The van der Waals surface area contributed by atoms with Crippen molar-refractivity contribution in [3.05, 3.63) is 101 Å². The number of fused-ring (bicyclic) bond motifs is 1. The van der Waals surface area contributed by atoms with Crippen LogP contribution in [0, 0.1) is 3.57 Å². The number of aryl methyl sites for hydroxylation is 1. The standard InChI is InChI=1S/C22H17IN2O4S/c1-24-20-17(11-18(30-20)21(27)29-13-14-6-3-2-4-7-14)19(26)25(22(24)28)12-15-8-5-9-16(23)10-15/h2-11H,12-13H2,1H3. The van der Waals surface area contributed by atoms with Gasteiger partial charge in [-0.15, -0.1) is 11.3 Å². The van der Waals surface area contributed by atoms with Crippen LogP contribution in [-0.4, -0.2) is 15.1 Å². The van der Waals surface area contributed by atoms with Crippen LogP contribution in [0.1, 0.15) is 20.8 Å². The second kappa shape index (κ2) is 8.57. The molecule has 0 unspecified atom stereocenters. The van der Waals surface area contributed by atoms with Crippen molar-refractivity contribution in [2.75, 3.05) is 0 Å². The number of hydrogen-bond donors (Lipinski definition) is 0. The van der Waals surface area contributed by atoms with Gasteiger partial charge in [0, 0.05) is 10.6 Å². The summed E-state index contributed by atoms with van der Waals surface area (Å²) in [5.74, 6) is -0.518. The number of nitrogens with zero attached hydrogens (tertiary/aromatic N) is 2. The minimum Gasteiger partial charge on any atom is -0.457 e. The molecule has 0 radical (unpaired) electrons. The number of carbonyl (C=O) groups is 1. The predicted molar refractivity (Wildman–Crippen MR) is 125 cm³/mol. The van der Waals surface area contributed by atoms with Crippen LogP contribution in [-0.2, 0) is 24.9 Å². The minimum atomic E-state index is -0.518. The molecule has 0 N–H and O–H groups in total. The van der Waals surface area contributed by atoms with Crippen LogP contribution in [0.5, 0.6) is 0 Å². The van der Waals surface area contributed by atoms with Crippen molar-refractivity contribution in [1.29, 1.82) is 0 Å². The van der Waals surface area contributed by atoms with E-state index in [1.807, 2.05) is 54.6 Å². The molecular weight excluding hydrogens is 515 g/mol. The molecule has 2 aromatic carbocycles. The molecule has 30 heavy (non-hydrogen) atoms. The SMILES string of the molecule is Cn1c(=O)n(Cc2cccc(I)c2)c(=O)c2cc(C(=O)OCc3ccccc3)sc21.